The molecule has 2 aromatic carbocycles. The molecule has 0 aliphatic carbocycles. The van der Waals surface area contributed by atoms with E-state index in [9.17, 15) is 9.59 Å². The number of carbonyl (C=O) groups excluding carboxylic acids is 1. The van der Waals surface area contributed by atoms with E-state index in [1.807, 2.05) is 30.0 Å². The first-order valence-electron chi connectivity index (χ1n) is 15.2. The van der Waals surface area contributed by atoms with Gasteiger partial charge in [-0.1, -0.05) is 44.7 Å². The van der Waals surface area contributed by atoms with Crippen molar-refractivity contribution in [2.24, 2.45) is 0 Å². The Kier molecular flexibility index (Phi) is 7.92. The lowest BCUT2D eigenvalue weighted by molar-refractivity contribution is -0.126. The first kappa shape index (κ1) is 29.5. The van der Waals surface area contributed by atoms with Crippen molar-refractivity contribution in [3.05, 3.63) is 88.4 Å². The van der Waals surface area contributed by atoms with Crippen LogP contribution in [0, 0.1) is 11.6 Å². The largest absolute Gasteiger partial charge is 0.384 e. The fraction of sp³-hybridized carbons (Fsp3) is 0.353. The highest BCUT2D eigenvalue weighted by Gasteiger charge is 2.31. The third kappa shape index (κ3) is 5.12. The summed E-state index contributed by atoms with van der Waals surface area (Å²) < 4.78 is 33.2. The van der Waals surface area contributed by atoms with Gasteiger partial charge in [-0.3, -0.25) is 4.79 Å². The van der Waals surface area contributed by atoms with Crippen molar-refractivity contribution >= 4 is 28.4 Å². The Morgan fingerprint density at radius 3 is 2.64 bits per heavy atom. The van der Waals surface area contributed by atoms with Gasteiger partial charge in [0.15, 0.2) is 11.5 Å². The van der Waals surface area contributed by atoms with E-state index in [0.717, 1.165) is 24.0 Å². The van der Waals surface area contributed by atoms with Crippen molar-refractivity contribution in [1.29, 1.82) is 0 Å². The molecule has 10 heteroatoms. The van der Waals surface area contributed by atoms with Crippen LogP contribution in [0.4, 0.5) is 20.3 Å². The number of amides is 1. The van der Waals surface area contributed by atoms with E-state index in [2.05, 4.69) is 30.7 Å². The van der Waals surface area contributed by atoms with Gasteiger partial charge in [0.2, 0.25) is 5.91 Å². The summed E-state index contributed by atoms with van der Waals surface area (Å²) in [7, 11) is 0. The van der Waals surface area contributed by atoms with Gasteiger partial charge in [-0.15, -0.1) is 0 Å². The lowest BCUT2D eigenvalue weighted by atomic mass is 9.95. The van der Waals surface area contributed by atoms with Crippen LogP contribution in [-0.4, -0.2) is 57.6 Å². The quantitative estimate of drug-likeness (QED) is 0.299. The van der Waals surface area contributed by atoms with Crippen molar-refractivity contribution in [1.82, 2.24) is 19.4 Å². The summed E-state index contributed by atoms with van der Waals surface area (Å²) in [6.45, 7) is 11.4. The molecule has 228 valence electrons. The van der Waals surface area contributed by atoms with Crippen molar-refractivity contribution in [2.75, 3.05) is 36.4 Å². The zero-order valence-electron chi connectivity index (χ0n) is 25.2. The second-order valence-corrected chi connectivity index (χ2v) is 11.8. The number of pyridine rings is 1. The molecule has 0 unspecified atom stereocenters. The molecule has 2 bridgehead atoms. The molecule has 1 amide bonds. The van der Waals surface area contributed by atoms with Crippen LogP contribution in [0.1, 0.15) is 50.7 Å². The monoisotopic (exact) mass is 598 g/mol. The van der Waals surface area contributed by atoms with Crippen LogP contribution in [0.2, 0.25) is 0 Å². The highest BCUT2D eigenvalue weighted by molar-refractivity contribution is 5.92. The van der Waals surface area contributed by atoms with E-state index in [-0.39, 0.29) is 40.6 Å². The number of para-hydroxylation sites is 1. The summed E-state index contributed by atoms with van der Waals surface area (Å²) in [5, 5.41) is 3.62. The molecule has 2 aliphatic rings. The number of carbonyl (C=O) groups is 1. The highest BCUT2D eigenvalue weighted by Crippen LogP contribution is 2.37. The molecule has 2 aliphatic heterocycles. The third-order valence-electron chi connectivity index (χ3n) is 8.62. The Labute approximate surface area is 255 Å². The van der Waals surface area contributed by atoms with Gasteiger partial charge >= 0.3 is 5.69 Å². The van der Waals surface area contributed by atoms with E-state index in [1.165, 1.54) is 22.8 Å². The Morgan fingerprint density at radius 2 is 1.89 bits per heavy atom. The Balaban J connectivity index is 1.68. The number of hydrogen-bond acceptors (Lipinski definition) is 6. The first-order chi connectivity index (χ1) is 21.2. The van der Waals surface area contributed by atoms with Crippen LogP contribution in [0.25, 0.3) is 28.0 Å². The number of fused-ring (bicyclic) bond motifs is 5. The van der Waals surface area contributed by atoms with Gasteiger partial charge in [0, 0.05) is 37.9 Å². The minimum atomic E-state index is -0.723. The number of aryl methyl sites for hydroxylation is 1. The first-order valence-corrected chi connectivity index (χ1v) is 15.2. The summed E-state index contributed by atoms with van der Waals surface area (Å²) in [5.41, 5.74) is 2.53. The number of aromatic nitrogens is 3. The molecule has 0 saturated carbocycles. The summed E-state index contributed by atoms with van der Waals surface area (Å²) in [4.78, 5) is 39.5. The van der Waals surface area contributed by atoms with Gasteiger partial charge in [0.1, 0.15) is 17.3 Å². The maximum Gasteiger partial charge on any atom is 0.355 e. The number of benzene rings is 2. The topological polar surface area (TPSA) is 83.4 Å². The molecule has 0 spiro atoms. The van der Waals surface area contributed by atoms with E-state index in [1.54, 1.807) is 17.0 Å². The van der Waals surface area contributed by atoms with E-state index in [4.69, 9.17) is 4.98 Å². The van der Waals surface area contributed by atoms with Crippen LogP contribution < -0.4 is 15.9 Å². The molecular formula is C34H36F2N6O2. The van der Waals surface area contributed by atoms with Crippen molar-refractivity contribution < 1.29 is 13.6 Å². The molecule has 1 saturated heterocycles. The molecule has 1 fully saturated rings. The SMILES string of the molecule is C=CC(=O)N1CCN(c2nc(=O)n3c4nc(c(F)cc24)-c2c(F)cccc2NCCCCc2cccc(C(C)C)c2-3)[C@@H](C)C1. The average molecular weight is 599 g/mol. The zero-order chi connectivity index (χ0) is 31.1. The number of nitrogens with zero attached hydrogens (tertiary/aromatic N) is 5. The predicted molar refractivity (Wildman–Crippen MR) is 170 cm³/mol. The van der Waals surface area contributed by atoms with Crippen molar-refractivity contribution in [2.45, 2.75) is 52.0 Å². The molecule has 6 rings (SSSR count). The third-order valence-corrected chi connectivity index (χ3v) is 8.62. The van der Waals surface area contributed by atoms with Crippen LogP contribution in [0.3, 0.4) is 0 Å². The fourth-order valence-electron chi connectivity index (χ4n) is 6.43. The molecule has 8 nitrogen and oxygen atoms in total. The van der Waals surface area contributed by atoms with Gasteiger partial charge in [-0.25, -0.2) is 23.1 Å². The van der Waals surface area contributed by atoms with Gasteiger partial charge in [0.05, 0.1) is 16.6 Å². The number of anilines is 2. The van der Waals surface area contributed by atoms with Crippen LogP contribution in [-0.2, 0) is 11.2 Å². The summed E-state index contributed by atoms with van der Waals surface area (Å²) in [6.07, 6.45) is 3.59. The number of hydrogen-bond donors (Lipinski definition) is 1. The van der Waals surface area contributed by atoms with Crippen molar-refractivity contribution in [3.8, 4) is 16.9 Å². The van der Waals surface area contributed by atoms with E-state index >= 15 is 8.78 Å². The lowest BCUT2D eigenvalue weighted by Crippen LogP contribution is -2.54. The van der Waals surface area contributed by atoms with Gasteiger partial charge in [-0.05, 0) is 67.5 Å². The lowest BCUT2D eigenvalue weighted by Gasteiger charge is -2.40. The van der Waals surface area contributed by atoms with E-state index < -0.39 is 17.3 Å². The molecule has 4 heterocycles. The Morgan fingerprint density at radius 1 is 1.09 bits per heavy atom. The maximum atomic E-state index is 16.2. The molecule has 1 N–H and O–H groups in total. The molecule has 44 heavy (non-hydrogen) atoms. The highest BCUT2D eigenvalue weighted by atomic mass is 19.1. The van der Waals surface area contributed by atoms with Crippen LogP contribution in [0.5, 0.6) is 0 Å². The van der Waals surface area contributed by atoms with Gasteiger partial charge in [-0.2, -0.15) is 4.98 Å². The smallest absolute Gasteiger partial charge is 0.355 e. The Hall–Kier alpha value is -4.60. The molecule has 1 atom stereocenters. The van der Waals surface area contributed by atoms with Gasteiger partial charge < -0.3 is 15.1 Å². The van der Waals surface area contributed by atoms with E-state index in [0.29, 0.717) is 49.4 Å². The number of halogens is 2. The van der Waals surface area contributed by atoms with Crippen LogP contribution in [0.15, 0.2) is 59.9 Å². The van der Waals surface area contributed by atoms with Crippen molar-refractivity contribution in [3.63, 3.8) is 0 Å². The number of rotatable bonds is 3. The zero-order valence-corrected chi connectivity index (χ0v) is 25.2. The summed E-state index contributed by atoms with van der Waals surface area (Å²) in [6, 6.07) is 11.7. The second kappa shape index (κ2) is 11.8. The fourth-order valence-corrected chi connectivity index (χ4v) is 6.43. The minimum Gasteiger partial charge on any atom is -0.384 e. The average Bonchev–Trinajstić information content (AvgIpc) is 3.01. The second-order valence-electron chi connectivity index (χ2n) is 11.8. The minimum absolute atomic E-state index is 0.0193. The standard InChI is InChI=1S/C34H36F2N6O2/c1-5-28(43)40-16-17-41(21(4)19-40)32-24-18-26(36)30-29-25(35)13-9-14-27(29)37-15-7-6-10-22-11-8-12-23(20(2)3)31(22)42(33(24)38-30)34(44)39-32/h5,8-9,11-14,18,20-21,37H,1,6-7,10,15-17,19H2,2-4H3/t21-/m0/s1. The maximum absolute atomic E-state index is 16.2. The number of nitrogens with one attached hydrogen (secondary N) is 1. The molecule has 2 aromatic heterocycles. The predicted octanol–water partition coefficient (Wildman–Crippen LogP) is 5.82. The summed E-state index contributed by atoms with van der Waals surface area (Å²) >= 11 is 0. The van der Waals surface area contributed by atoms with Crippen LogP contribution >= 0.6 is 0 Å². The number of piperazine rings is 1. The Bertz CT molecular complexity index is 1840. The molecule has 4 aromatic rings. The summed E-state index contributed by atoms with van der Waals surface area (Å²) in [5.74, 6) is -1.15. The normalized spacial score (nSPS) is 16.9. The molecule has 0 radical (unpaired) electrons. The van der Waals surface area contributed by atoms with Gasteiger partial charge in [0.25, 0.3) is 0 Å². The molecular weight excluding hydrogens is 562 g/mol.